The van der Waals surface area contributed by atoms with Crippen LogP contribution < -0.4 is 5.32 Å². The summed E-state index contributed by atoms with van der Waals surface area (Å²) in [6.07, 6.45) is 2.87. The van der Waals surface area contributed by atoms with Gasteiger partial charge < -0.3 is 10.1 Å². The van der Waals surface area contributed by atoms with Crippen molar-refractivity contribution in [3.63, 3.8) is 0 Å². The van der Waals surface area contributed by atoms with Gasteiger partial charge in [-0.05, 0) is 26.3 Å². The van der Waals surface area contributed by atoms with Gasteiger partial charge in [0, 0.05) is 32.8 Å². The summed E-state index contributed by atoms with van der Waals surface area (Å²) >= 11 is 0. The zero-order valence-corrected chi connectivity index (χ0v) is 9.75. The molecule has 3 nitrogen and oxygen atoms in total. The van der Waals surface area contributed by atoms with Gasteiger partial charge in [0.15, 0.2) is 0 Å². The maximum Gasteiger partial charge on any atom is 0.0710 e. The number of hydrogen-bond donors (Lipinski definition) is 1. The zero-order valence-electron chi connectivity index (χ0n) is 9.75. The third-order valence-electron chi connectivity index (χ3n) is 2.84. The highest BCUT2D eigenvalue weighted by atomic mass is 16.5. The monoisotopic (exact) mass is 200 g/mol. The standard InChI is InChI=1S/C11H24N2O/c1-4-6-12-10(2)8-13-7-5-11(9-13)14-3/h10-12H,4-9H2,1-3H3. The summed E-state index contributed by atoms with van der Waals surface area (Å²) in [4.78, 5) is 2.49. The fourth-order valence-corrected chi connectivity index (χ4v) is 2.00. The summed E-state index contributed by atoms with van der Waals surface area (Å²) in [5.74, 6) is 0. The van der Waals surface area contributed by atoms with Crippen molar-refractivity contribution in [3.8, 4) is 0 Å². The maximum atomic E-state index is 5.34. The van der Waals surface area contributed by atoms with E-state index in [2.05, 4.69) is 24.1 Å². The first-order valence-corrected chi connectivity index (χ1v) is 5.74. The van der Waals surface area contributed by atoms with Gasteiger partial charge in [-0.3, -0.25) is 4.90 Å². The second-order valence-electron chi connectivity index (χ2n) is 4.26. The van der Waals surface area contributed by atoms with Crippen molar-refractivity contribution in [2.45, 2.75) is 38.8 Å². The van der Waals surface area contributed by atoms with Crippen LogP contribution in [0.3, 0.4) is 0 Å². The van der Waals surface area contributed by atoms with Crippen LogP contribution >= 0.6 is 0 Å². The summed E-state index contributed by atoms with van der Waals surface area (Å²) in [5.41, 5.74) is 0. The van der Waals surface area contributed by atoms with Crippen molar-refractivity contribution >= 4 is 0 Å². The normalized spacial score (nSPS) is 25.5. The third-order valence-corrected chi connectivity index (χ3v) is 2.84. The van der Waals surface area contributed by atoms with Crippen LogP contribution in [0, 0.1) is 0 Å². The van der Waals surface area contributed by atoms with E-state index in [0.717, 1.165) is 19.6 Å². The van der Waals surface area contributed by atoms with Crippen LogP contribution in [0.15, 0.2) is 0 Å². The number of methoxy groups -OCH3 is 1. The van der Waals surface area contributed by atoms with Crippen LogP contribution in [-0.2, 0) is 4.74 Å². The van der Waals surface area contributed by atoms with E-state index in [9.17, 15) is 0 Å². The lowest BCUT2D eigenvalue weighted by molar-refractivity contribution is 0.107. The van der Waals surface area contributed by atoms with Crippen molar-refractivity contribution in [2.24, 2.45) is 0 Å². The van der Waals surface area contributed by atoms with Gasteiger partial charge in [-0.25, -0.2) is 0 Å². The van der Waals surface area contributed by atoms with Crippen molar-refractivity contribution in [3.05, 3.63) is 0 Å². The molecule has 3 heteroatoms. The average molecular weight is 200 g/mol. The van der Waals surface area contributed by atoms with E-state index in [0.29, 0.717) is 12.1 Å². The van der Waals surface area contributed by atoms with Crippen LogP contribution in [0.5, 0.6) is 0 Å². The molecule has 14 heavy (non-hydrogen) atoms. The van der Waals surface area contributed by atoms with Gasteiger partial charge in [0.05, 0.1) is 6.10 Å². The highest BCUT2D eigenvalue weighted by Crippen LogP contribution is 2.11. The van der Waals surface area contributed by atoms with Crippen molar-refractivity contribution in [1.82, 2.24) is 10.2 Å². The Hall–Kier alpha value is -0.120. The largest absolute Gasteiger partial charge is 0.380 e. The Morgan fingerprint density at radius 3 is 2.93 bits per heavy atom. The molecule has 0 bridgehead atoms. The van der Waals surface area contributed by atoms with E-state index >= 15 is 0 Å². The van der Waals surface area contributed by atoms with Crippen LogP contribution in [0.25, 0.3) is 0 Å². The number of rotatable bonds is 6. The van der Waals surface area contributed by atoms with E-state index in [-0.39, 0.29) is 0 Å². The molecular formula is C11H24N2O. The second-order valence-corrected chi connectivity index (χ2v) is 4.26. The summed E-state index contributed by atoms with van der Waals surface area (Å²) < 4.78 is 5.34. The Bertz CT molecular complexity index is 152. The molecule has 1 rings (SSSR count). The number of nitrogens with zero attached hydrogens (tertiary/aromatic N) is 1. The molecule has 2 unspecified atom stereocenters. The Morgan fingerprint density at radius 2 is 2.36 bits per heavy atom. The van der Waals surface area contributed by atoms with Gasteiger partial charge in [0.2, 0.25) is 0 Å². The van der Waals surface area contributed by atoms with Crippen molar-refractivity contribution in [1.29, 1.82) is 0 Å². The Balaban J connectivity index is 2.12. The Labute approximate surface area is 87.8 Å². The summed E-state index contributed by atoms with van der Waals surface area (Å²) in [6, 6.07) is 0.602. The van der Waals surface area contributed by atoms with Gasteiger partial charge in [-0.15, -0.1) is 0 Å². The number of hydrogen-bond acceptors (Lipinski definition) is 3. The molecular weight excluding hydrogens is 176 g/mol. The molecule has 0 aliphatic carbocycles. The molecule has 0 amide bonds. The average Bonchev–Trinajstić information content (AvgIpc) is 2.62. The minimum Gasteiger partial charge on any atom is -0.380 e. The van der Waals surface area contributed by atoms with Crippen molar-refractivity contribution < 1.29 is 4.74 Å². The lowest BCUT2D eigenvalue weighted by Crippen LogP contribution is -2.38. The van der Waals surface area contributed by atoms with Crippen LogP contribution in [-0.4, -0.2) is 50.3 Å². The van der Waals surface area contributed by atoms with Gasteiger partial charge in [-0.1, -0.05) is 6.92 Å². The maximum absolute atomic E-state index is 5.34. The quantitative estimate of drug-likeness (QED) is 0.695. The Morgan fingerprint density at radius 1 is 1.57 bits per heavy atom. The predicted octanol–water partition coefficient (Wildman–Crippen LogP) is 1.10. The molecule has 0 saturated carbocycles. The SMILES string of the molecule is CCCNC(C)CN1CCC(OC)C1. The molecule has 84 valence electrons. The molecule has 0 aromatic rings. The first kappa shape index (κ1) is 12.0. The fraction of sp³-hybridized carbons (Fsp3) is 1.00. The van der Waals surface area contributed by atoms with Crippen LogP contribution in [0.2, 0.25) is 0 Å². The Kier molecular flexibility index (Phi) is 5.45. The molecule has 0 aromatic heterocycles. The van der Waals surface area contributed by atoms with E-state index in [4.69, 9.17) is 4.74 Å². The smallest absolute Gasteiger partial charge is 0.0710 e. The molecule has 1 saturated heterocycles. The molecule has 0 spiro atoms. The van der Waals surface area contributed by atoms with Gasteiger partial charge >= 0.3 is 0 Å². The van der Waals surface area contributed by atoms with Crippen LogP contribution in [0.4, 0.5) is 0 Å². The second kappa shape index (κ2) is 6.38. The molecule has 2 atom stereocenters. The molecule has 1 aliphatic rings. The minimum atomic E-state index is 0.466. The van der Waals surface area contributed by atoms with Crippen molar-refractivity contribution in [2.75, 3.05) is 33.3 Å². The highest BCUT2D eigenvalue weighted by molar-refractivity contribution is 4.78. The molecule has 1 aliphatic heterocycles. The fourth-order valence-electron chi connectivity index (χ4n) is 2.00. The first-order valence-electron chi connectivity index (χ1n) is 5.74. The van der Waals surface area contributed by atoms with Gasteiger partial charge in [0.1, 0.15) is 0 Å². The summed E-state index contributed by atoms with van der Waals surface area (Å²) in [6.45, 7) is 9.04. The lowest BCUT2D eigenvalue weighted by atomic mass is 10.3. The van der Waals surface area contributed by atoms with Gasteiger partial charge in [-0.2, -0.15) is 0 Å². The third kappa shape index (κ3) is 3.95. The molecule has 1 fully saturated rings. The molecule has 1 heterocycles. The summed E-state index contributed by atoms with van der Waals surface area (Å²) in [5, 5.41) is 3.51. The van der Waals surface area contributed by atoms with E-state index < -0.39 is 0 Å². The molecule has 1 N–H and O–H groups in total. The minimum absolute atomic E-state index is 0.466. The topological polar surface area (TPSA) is 24.5 Å². The zero-order chi connectivity index (χ0) is 10.4. The van der Waals surface area contributed by atoms with E-state index in [1.165, 1.54) is 19.4 Å². The van der Waals surface area contributed by atoms with E-state index in [1.54, 1.807) is 0 Å². The number of nitrogens with one attached hydrogen (secondary N) is 1. The highest BCUT2D eigenvalue weighted by Gasteiger charge is 2.22. The van der Waals surface area contributed by atoms with Gasteiger partial charge in [0.25, 0.3) is 0 Å². The predicted molar refractivity (Wildman–Crippen MR) is 59.6 cm³/mol. The summed E-state index contributed by atoms with van der Waals surface area (Å²) in [7, 11) is 1.81. The van der Waals surface area contributed by atoms with Crippen LogP contribution in [0.1, 0.15) is 26.7 Å². The first-order chi connectivity index (χ1) is 6.76. The number of likely N-dealkylation sites (tertiary alicyclic amines) is 1. The molecule has 0 radical (unpaired) electrons. The van der Waals surface area contributed by atoms with E-state index in [1.807, 2.05) is 7.11 Å². The molecule has 0 aromatic carbocycles. The number of ether oxygens (including phenoxy) is 1. The lowest BCUT2D eigenvalue weighted by Gasteiger charge is -2.21.